The number of halogens is 1. The minimum Gasteiger partial charge on any atom is -0.326 e. The number of rotatable bonds is 5. The lowest BCUT2D eigenvalue weighted by atomic mass is 10.0. The number of hydrogen-bond donors (Lipinski definition) is 1. The molecule has 0 radical (unpaired) electrons. The molecule has 0 bridgehead atoms. The van der Waals surface area contributed by atoms with Crippen LogP contribution in [0, 0.1) is 5.92 Å². The van der Waals surface area contributed by atoms with Gasteiger partial charge in [0, 0.05) is 23.8 Å². The lowest BCUT2D eigenvalue weighted by Gasteiger charge is -2.29. The molecule has 2 aromatic carbocycles. The van der Waals surface area contributed by atoms with Crippen LogP contribution < -0.4 is 5.32 Å². The predicted molar refractivity (Wildman–Crippen MR) is 107 cm³/mol. The zero-order valence-electron chi connectivity index (χ0n) is 15.2. The average molecular weight is 407 g/mol. The van der Waals surface area contributed by atoms with Gasteiger partial charge in [0.2, 0.25) is 15.9 Å². The van der Waals surface area contributed by atoms with Gasteiger partial charge in [-0.25, -0.2) is 8.42 Å². The number of carbonyl (C=O) groups is 1. The van der Waals surface area contributed by atoms with Gasteiger partial charge in [-0.3, -0.25) is 4.79 Å². The average Bonchev–Trinajstić information content (AvgIpc) is 2.64. The molecule has 0 atom stereocenters. The summed E-state index contributed by atoms with van der Waals surface area (Å²) in [6.07, 6.45) is 2.00. The lowest BCUT2D eigenvalue weighted by Crippen LogP contribution is -2.37. The molecular weight excluding hydrogens is 384 g/mol. The molecule has 7 heteroatoms. The fraction of sp³-hybridized carbons (Fsp3) is 0.350. The van der Waals surface area contributed by atoms with Gasteiger partial charge in [-0.15, -0.1) is 0 Å². The number of amides is 1. The molecule has 1 heterocycles. The van der Waals surface area contributed by atoms with Crippen molar-refractivity contribution < 1.29 is 13.2 Å². The van der Waals surface area contributed by atoms with Gasteiger partial charge in [-0.05, 0) is 60.7 Å². The van der Waals surface area contributed by atoms with Gasteiger partial charge in [0.05, 0.1) is 11.3 Å². The monoisotopic (exact) mass is 406 g/mol. The number of nitrogens with one attached hydrogen (secondary N) is 1. The predicted octanol–water partition coefficient (Wildman–Crippen LogP) is 3.94. The third kappa shape index (κ3) is 5.09. The molecule has 3 rings (SSSR count). The Morgan fingerprint density at radius 2 is 1.67 bits per heavy atom. The smallest absolute Gasteiger partial charge is 0.243 e. The van der Waals surface area contributed by atoms with E-state index in [0.29, 0.717) is 29.7 Å². The Labute approximate surface area is 165 Å². The van der Waals surface area contributed by atoms with Crippen molar-refractivity contribution in [2.24, 2.45) is 5.92 Å². The number of carbonyl (C=O) groups excluding carboxylic acids is 1. The van der Waals surface area contributed by atoms with Gasteiger partial charge in [-0.2, -0.15) is 4.31 Å². The maximum atomic E-state index is 12.7. The van der Waals surface area contributed by atoms with E-state index in [9.17, 15) is 13.2 Å². The molecular formula is C20H23ClN2O3S. The second-order valence-corrected chi connectivity index (χ2v) is 9.34. The second kappa shape index (κ2) is 8.42. The SMILES string of the molecule is CC1CCN(S(=O)(=O)c2ccc(NC(=O)Cc3ccc(Cl)cc3)cc2)CC1. The first-order valence-electron chi connectivity index (χ1n) is 8.99. The molecule has 1 saturated heterocycles. The topological polar surface area (TPSA) is 66.5 Å². The summed E-state index contributed by atoms with van der Waals surface area (Å²) in [6, 6.07) is 13.4. The summed E-state index contributed by atoms with van der Waals surface area (Å²) in [5.41, 5.74) is 1.43. The Morgan fingerprint density at radius 3 is 2.26 bits per heavy atom. The molecule has 2 aromatic rings. The molecule has 5 nitrogen and oxygen atoms in total. The van der Waals surface area contributed by atoms with Crippen LogP contribution in [0.15, 0.2) is 53.4 Å². The van der Waals surface area contributed by atoms with Crippen LogP contribution in [-0.2, 0) is 21.2 Å². The number of piperidine rings is 1. The molecule has 1 fully saturated rings. The maximum Gasteiger partial charge on any atom is 0.243 e. The third-order valence-corrected chi connectivity index (χ3v) is 6.96. The standard InChI is InChI=1S/C20H23ClN2O3S/c1-15-10-12-23(13-11-15)27(25,26)19-8-6-18(7-9-19)22-20(24)14-16-2-4-17(21)5-3-16/h2-9,15H,10-14H2,1H3,(H,22,24). The molecule has 27 heavy (non-hydrogen) atoms. The molecule has 1 amide bonds. The molecule has 1 N–H and O–H groups in total. The Balaban J connectivity index is 1.62. The van der Waals surface area contributed by atoms with E-state index < -0.39 is 10.0 Å². The zero-order chi connectivity index (χ0) is 19.4. The van der Waals surface area contributed by atoms with Crippen LogP contribution in [0.3, 0.4) is 0 Å². The quantitative estimate of drug-likeness (QED) is 0.817. The van der Waals surface area contributed by atoms with E-state index in [1.165, 1.54) is 0 Å². The van der Waals surface area contributed by atoms with Crippen molar-refractivity contribution in [3.63, 3.8) is 0 Å². The van der Waals surface area contributed by atoms with E-state index in [-0.39, 0.29) is 17.2 Å². The molecule has 0 saturated carbocycles. The van der Waals surface area contributed by atoms with Crippen LogP contribution in [0.4, 0.5) is 5.69 Å². The van der Waals surface area contributed by atoms with E-state index in [2.05, 4.69) is 12.2 Å². The van der Waals surface area contributed by atoms with Crippen molar-refractivity contribution in [2.45, 2.75) is 31.1 Å². The summed E-state index contributed by atoms with van der Waals surface area (Å²) in [5, 5.41) is 3.41. The normalized spacial score (nSPS) is 16.2. The van der Waals surface area contributed by atoms with Crippen molar-refractivity contribution in [1.29, 1.82) is 0 Å². The minimum atomic E-state index is -3.48. The highest BCUT2D eigenvalue weighted by Crippen LogP contribution is 2.24. The van der Waals surface area contributed by atoms with Gasteiger partial charge < -0.3 is 5.32 Å². The largest absolute Gasteiger partial charge is 0.326 e. The first-order chi connectivity index (χ1) is 12.8. The molecule has 0 spiro atoms. The Kier molecular flexibility index (Phi) is 6.19. The summed E-state index contributed by atoms with van der Waals surface area (Å²) in [4.78, 5) is 12.4. The maximum absolute atomic E-state index is 12.7. The van der Waals surface area contributed by atoms with Gasteiger partial charge >= 0.3 is 0 Å². The molecule has 0 aromatic heterocycles. The van der Waals surface area contributed by atoms with Crippen LogP contribution >= 0.6 is 11.6 Å². The van der Waals surface area contributed by atoms with Crippen molar-refractivity contribution in [2.75, 3.05) is 18.4 Å². The second-order valence-electron chi connectivity index (χ2n) is 6.96. The Morgan fingerprint density at radius 1 is 1.07 bits per heavy atom. The highest BCUT2D eigenvalue weighted by molar-refractivity contribution is 7.89. The van der Waals surface area contributed by atoms with Gasteiger partial charge in [0.15, 0.2) is 0 Å². The highest BCUT2D eigenvalue weighted by atomic mass is 35.5. The van der Waals surface area contributed by atoms with E-state index >= 15 is 0 Å². The number of sulfonamides is 1. The van der Waals surface area contributed by atoms with E-state index in [0.717, 1.165) is 18.4 Å². The van der Waals surface area contributed by atoms with Gasteiger partial charge in [0.25, 0.3) is 0 Å². The lowest BCUT2D eigenvalue weighted by molar-refractivity contribution is -0.115. The zero-order valence-corrected chi connectivity index (χ0v) is 16.8. The van der Waals surface area contributed by atoms with Crippen LogP contribution in [0.25, 0.3) is 0 Å². The third-order valence-electron chi connectivity index (χ3n) is 4.80. The van der Waals surface area contributed by atoms with Gasteiger partial charge in [0.1, 0.15) is 0 Å². The first kappa shape index (κ1) is 19.9. The Hall–Kier alpha value is -1.89. The molecule has 144 valence electrons. The summed E-state index contributed by atoms with van der Waals surface area (Å²) in [5.74, 6) is 0.396. The Bertz CT molecular complexity index is 888. The molecule has 0 aliphatic carbocycles. The van der Waals surface area contributed by atoms with Crippen molar-refractivity contribution in [3.8, 4) is 0 Å². The van der Waals surface area contributed by atoms with Crippen LogP contribution in [0.1, 0.15) is 25.3 Å². The van der Waals surface area contributed by atoms with Gasteiger partial charge in [-0.1, -0.05) is 30.7 Å². The van der Waals surface area contributed by atoms with Crippen LogP contribution in [-0.4, -0.2) is 31.7 Å². The number of benzene rings is 2. The number of anilines is 1. The summed E-state index contributed by atoms with van der Waals surface area (Å²) < 4.78 is 27.0. The first-order valence-corrected chi connectivity index (χ1v) is 10.8. The summed E-state index contributed by atoms with van der Waals surface area (Å²) >= 11 is 5.84. The number of nitrogens with zero attached hydrogens (tertiary/aromatic N) is 1. The van der Waals surface area contributed by atoms with E-state index in [4.69, 9.17) is 11.6 Å². The number of hydrogen-bond acceptors (Lipinski definition) is 3. The van der Waals surface area contributed by atoms with E-state index in [1.807, 2.05) is 0 Å². The van der Waals surface area contributed by atoms with E-state index in [1.54, 1.807) is 52.8 Å². The molecule has 1 aliphatic heterocycles. The minimum absolute atomic E-state index is 0.169. The van der Waals surface area contributed by atoms with Crippen molar-refractivity contribution in [1.82, 2.24) is 4.31 Å². The fourth-order valence-electron chi connectivity index (χ4n) is 3.08. The van der Waals surface area contributed by atoms with Crippen molar-refractivity contribution in [3.05, 3.63) is 59.1 Å². The highest BCUT2D eigenvalue weighted by Gasteiger charge is 2.27. The summed E-state index contributed by atoms with van der Waals surface area (Å²) in [6.45, 7) is 3.26. The molecule has 1 aliphatic rings. The van der Waals surface area contributed by atoms with Crippen molar-refractivity contribution >= 4 is 33.2 Å². The fourth-order valence-corrected chi connectivity index (χ4v) is 4.67. The summed E-state index contributed by atoms with van der Waals surface area (Å²) in [7, 11) is -3.48. The van der Waals surface area contributed by atoms with Crippen LogP contribution in [0.2, 0.25) is 5.02 Å². The molecule has 0 unspecified atom stereocenters. The van der Waals surface area contributed by atoms with Crippen LogP contribution in [0.5, 0.6) is 0 Å².